The van der Waals surface area contributed by atoms with Gasteiger partial charge < -0.3 is 26.2 Å². The van der Waals surface area contributed by atoms with Crippen LogP contribution in [0.25, 0.3) is 11.1 Å². The molecule has 0 aliphatic heterocycles. The Morgan fingerprint density at radius 1 is 0.957 bits per heavy atom. The van der Waals surface area contributed by atoms with Crippen LogP contribution in [0.15, 0.2) is 96.4 Å². The first kappa shape index (κ1) is 32.0. The third kappa shape index (κ3) is 8.00. The predicted molar refractivity (Wildman–Crippen MR) is 175 cm³/mol. The second kappa shape index (κ2) is 14.1. The number of aliphatic carboxylic acids is 1. The predicted octanol–water partition coefficient (Wildman–Crippen LogP) is 4.12. The number of benzene rings is 3. The van der Waals surface area contributed by atoms with Crippen molar-refractivity contribution in [1.29, 1.82) is 0 Å². The number of carboxylic acid groups (broad SMARTS) is 1. The van der Waals surface area contributed by atoms with Crippen LogP contribution < -0.4 is 21.1 Å². The fourth-order valence-corrected chi connectivity index (χ4v) is 5.65. The summed E-state index contributed by atoms with van der Waals surface area (Å²) in [7, 11) is 0. The Morgan fingerprint density at radius 3 is 2.26 bits per heavy atom. The van der Waals surface area contributed by atoms with Crippen LogP contribution in [0.1, 0.15) is 35.3 Å². The van der Waals surface area contributed by atoms with E-state index in [0.717, 1.165) is 22.3 Å². The van der Waals surface area contributed by atoms with Crippen LogP contribution in [0.2, 0.25) is 0 Å². The van der Waals surface area contributed by atoms with Crippen molar-refractivity contribution in [2.45, 2.75) is 37.8 Å². The van der Waals surface area contributed by atoms with Gasteiger partial charge in [-0.3, -0.25) is 19.2 Å². The number of hydrogen-bond donors (Lipinski definition) is 4. The van der Waals surface area contributed by atoms with Crippen LogP contribution in [0.3, 0.4) is 0 Å². The lowest BCUT2D eigenvalue weighted by molar-refractivity contribution is -0.142. The van der Waals surface area contributed by atoms with Crippen molar-refractivity contribution in [3.05, 3.63) is 112 Å². The molecule has 1 aromatic heterocycles. The molecule has 0 spiro atoms. The zero-order chi connectivity index (χ0) is 32.7. The normalized spacial score (nSPS) is 17.8. The van der Waals surface area contributed by atoms with Gasteiger partial charge in [0.1, 0.15) is 11.8 Å². The second-order valence-corrected chi connectivity index (χ2v) is 12.3. The molecule has 3 unspecified atom stereocenters. The smallest absolute Gasteiger partial charge is 0.309 e. The summed E-state index contributed by atoms with van der Waals surface area (Å²) >= 11 is 1.38. The molecule has 0 radical (unpaired) electrons. The van der Waals surface area contributed by atoms with E-state index >= 15 is 0 Å². The standard InChI is InChI=1S/C36H33N3O6S/c1-36(35(43)44)21-29(36)26-13-15-27(16-14-26)45-22-32(40)38-30(18-17-28-8-5-19-46-28)34(42)39-31(33(37)41)20-23-9-11-25(12-10-23)24-6-3-2-4-7-24/h2-16,19,29-31H,20-22H2,1H3,(H2,37,41)(H,38,40)(H,39,42)(H,43,44)/t29-,30?,31?,36?/m1/s1. The topological polar surface area (TPSA) is 148 Å². The summed E-state index contributed by atoms with van der Waals surface area (Å²) in [6.45, 7) is 1.32. The van der Waals surface area contributed by atoms with Crippen molar-refractivity contribution in [3.63, 3.8) is 0 Å². The summed E-state index contributed by atoms with van der Waals surface area (Å²) in [6.07, 6.45) is 0.721. The zero-order valence-electron chi connectivity index (χ0n) is 25.1. The van der Waals surface area contributed by atoms with E-state index in [1.165, 1.54) is 11.3 Å². The average Bonchev–Trinajstić information content (AvgIpc) is 3.49. The summed E-state index contributed by atoms with van der Waals surface area (Å²) in [5, 5.41) is 16.5. The molecule has 46 heavy (non-hydrogen) atoms. The molecule has 4 aromatic rings. The summed E-state index contributed by atoms with van der Waals surface area (Å²) in [5.74, 6) is 3.19. The molecule has 234 valence electrons. The van der Waals surface area contributed by atoms with Gasteiger partial charge in [0.05, 0.1) is 10.3 Å². The lowest BCUT2D eigenvalue weighted by Gasteiger charge is -2.19. The van der Waals surface area contributed by atoms with Crippen molar-refractivity contribution < 1.29 is 29.0 Å². The molecular formula is C36H33N3O6S. The van der Waals surface area contributed by atoms with E-state index in [1.807, 2.05) is 66.0 Å². The number of nitrogens with two attached hydrogens (primary N) is 1. The number of carbonyl (C=O) groups is 4. The van der Waals surface area contributed by atoms with Crippen LogP contribution in [0, 0.1) is 17.3 Å². The minimum atomic E-state index is -1.29. The molecule has 3 aromatic carbocycles. The summed E-state index contributed by atoms with van der Waals surface area (Å²) in [4.78, 5) is 50.7. The average molecular weight is 636 g/mol. The van der Waals surface area contributed by atoms with E-state index in [1.54, 1.807) is 37.3 Å². The lowest BCUT2D eigenvalue weighted by Crippen LogP contribution is -2.53. The fraction of sp³-hybridized carbons (Fsp3) is 0.222. The quantitative estimate of drug-likeness (QED) is 0.172. The molecular weight excluding hydrogens is 602 g/mol. The lowest BCUT2D eigenvalue weighted by atomic mass is 10.00. The van der Waals surface area contributed by atoms with Crippen molar-refractivity contribution in [3.8, 4) is 28.7 Å². The number of thiophene rings is 1. The van der Waals surface area contributed by atoms with E-state index < -0.39 is 47.8 Å². The molecule has 1 saturated carbocycles. The second-order valence-electron chi connectivity index (χ2n) is 11.3. The van der Waals surface area contributed by atoms with Gasteiger partial charge in [-0.2, -0.15) is 0 Å². The number of ether oxygens (including phenoxy) is 1. The monoisotopic (exact) mass is 635 g/mol. The highest BCUT2D eigenvalue weighted by Crippen LogP contribution is 2.59. The first-order valence-electron chi connectivity index (χ1n) is 14.7. The Morgan fingerprint density at radius 2 is 1.65 bits per heavy atom. The van der Waals surface area contributed by atoms with Gasteiger partial charge in [-0.05, 0) is 59.2 Å². The minimum absolute atomic E-state index is 0.0681. The summed E-state index contributed by atoms with van der Waals surface area (Å²) in [5.41, 5.74) is 8.64. The Hall–Kier alpha value is -5.40. The molecule has 0 saturated heterocycles. The van der Waals surface area contributed by atoms with Crippen LogP contribution in [0.5, 0.6) is 5.75 Å². The van der Waals surface area contributed by atoms with Crippen LogP contribution in [-0.2, 0) is 25.6 Å². The molecule has 9 nitrogen and oxygen atoms in total. The maximum absolute atomic E-state index is 13.3. The van der Waals surface area contributed by atoms with Crippen LogP contribution >= 0.6 is 11.3 Å². The molecule has 5 rings (SSSR count). The van der Waals surface area contributed by atoms with Crippen molar-refractivity contribution >= 4 is 35.0 Å². The highest BCUT2D eigenvalue weighted by Gasteiger charge is 2.57. The molecule has 1 aliphatic rings. The van der Waals surface area contributed by atoms with E-state index in [4.69, 9.17) is 10.5 Å². The Kier molecular flexibility index (Phi) is 9.84. The fourth-order valence-electron chi connectivity index (χ4n) is 5.07. The van der Waals surface area contributed by atoms with Crippen molar-refractivity contribution in [1.82, 2.24) is 10.6 Å². The first-order valence-corrected chi connectivity index (χ1v) is 15.5. The van der Waals surface area contributed by atoms with Gasteiger partial charge in [0.25, 0.3) is 11.8 Å². The molecule has 10 heteroatoms. The van der Waals surface area contributed by atoms with Gasteiger partial charge >= 0.3 is 5.97 Å². The largest absolute Gasteiger partial charge is 0.484 e. The molecule has 3 amide bonds. The van der Waals surface area contributed by atoms with Gasteiger partial charge in [0.2, 0.25) is 5.91 Å². The van der Waals surface area contributed by atoms with Crippen LogP contribution in [0.4, 0.5) is 0 Å². The molecule has 5 N–H and O–H groups in total. The van der Waals surface area contributed by atoms with Gasteiger partial charge in [-0.1, -0.05) is 84.6 Å². The number of carboxylic acids is 1. The molecule has 1 heterocycles. The Labute approximate surface area is 270 Å². The third-order valence-electron chi connectivity index (χ3n) is 7.97. The Bertz CT molecular complexity index is 1760. The Balaban J connectivity index is 1.21. The van der Waals surface area contributed by atoms with Crippen LogP contribution in [-0.4, -0.2) is 47.5 Å². The first-order chi connectivity index (χ1) is 22.1. The number of primary amides is 1. The SMILES string of the molecule is CC1(C(=O)O)C[C@@H]1c1ccc(OCC(=O)NC(C#Cc2cccs2)C(=O)NC(Cc2ccc(-c3ccccc3)cc2)C(N)=O)cc1. The molecule has 1 fully saturated rings. The van der Waals surface area contributed by atoms with Gasteiger partial charge in [-0.25, -0.2) is 0 Å². The van der Waals surface area contributed by atoms with E-state index in [2.05, 4.69) is 22.5 Å². The van der Waals surface area contributed by atoms with E-state index in [0.29, 0.717) is 17.0 Å². The number of amides is 3. The highest BCUT2D eigenvalue weighted by atomic mass is 32.1. The maximum atomic E-state index is 13.3. The number of nitrogens with one attached hydrogen (secondary N) is 2. The van der Waals surface area contributed by atoms with E-state index in [9.17, 15) is 24.3 Å². The van der Waals surface area contributed by atoms with E-state index in [-0.39, 0.29) is 12.3 Å². The number of hydrogen-bond acceptors (Lipinski definition) is 6. The summed E-state index contributed by atoms with van der Waals surface area (Å²) < 4.78 is 5.61. The third-order valence-corrected chi connectivity index (χ3v) is 8.75. The van der Waals surface area contributed by atoms with Crippen molar-refractivity contribution in [2.75, 3.05) is 6.61 Å². The van der Waals surface area contributed by atoms with Gasteiger partial charge in [0, 0.05) is 12.3 Å². The molecule has 4 atom stereocenters. The van der Waals surface area contributed by atoms with Gasteiger partial charge in [-0.15, -0.1) is 11.3 Å². The molecule has 0 bridgehead atoms. The number of carbonyl (C=O) groups excluding carboxylic acids is 3. The van der Waals surface area contributed by atoms with Gasteiger partial charge in [0.15, 0.2) is 12.6 Å². The summed E-state index contributed by atoms with van der Waals surface area (Å²) in [6, 6.07) is 25.7. The number of rotatable bonds is 12. The molecule has 1 aliphatic carbocycles. The zero-order valence-corrected chi connectivity index (χ0v) is 25.9. The maximum Gasteiger partial charge on any atom is 0.309 e. The minimum Gasteiger partial charge on any atom is -0.484 e. The highest BCUT2D eigenvalue weighted by molar-refractivity contribution is 7.10. The van der Waals surface area contributed by atoms with Crippen molar-refractivity contribution in [2.24, 2.45) is 11.1 Å².